The van der Waals surface area contributed by atoms with Crippen molar-refractivity contribution in [2.75, 3.05) is 0 Å². The van der Waals surface area contributed by atoms with E-state index >= 15 is 0 Å². The molecule has 1 unspecified atom stereocenters. The summed E-state index contributed by atoms with van der Waals surface area (Å²) in [4.78, 5) is 0. The molecule has 0 aliphatic carbocycles. The van der Waals surface area contributed by atoms with Crippen molar-refractivity contribution in [3.05, 3.63) is 89.5 Å². The maximum atomic E-state index is 12.3. The van der Waals surface area contributed by atoms with Crippen LogP contribution in [0, 0.1) is 0 Å². The van der Waals surface area contributed by atoms with Gasteiger partial charge < -0.3 is 19.3 Å². The highest BCUT2D eigenvalue weighted by atomic mass is 19.4. The van der Waals surface area contributed by atoms with E-state index in [1.54, 1.807) is 18.2 Å². The fourth-order valence-electron chi connectivity index (χ4n) is 2.79. The zero-order valence-corrected chi connectivity index (χ0v) is 16.2. The van der Waals surface area contributed by atoms with E-state index in [9.17, 15) is 18.3 Å². The van der Waals surface area contributed by atoms with Crippen molar-refractivity contribution in [1.82, 2.24) is 0 Å². The topological polar surface area (TPSA) is 47.9 Å². The second-order valence-corrected chi connectivity index (χ2v) is 6.59. The summed E-state index contributed by atoms with van der Waals surface area (Å²) in [5, 5.41) is 9.43. The van der Waals surface area contributed by atoms with Gasteiger partial charge in [0.05, 0.1) is 6.61 Å². The first-order valence-corrected chi connectivity index (χ1v) is 9.27. The fourth-order valence-corrected chi connectivity index (χ4v) is 2.79. The highest BCUT2D eigenvalue weighted by molar-refractivity contribution is 5.43. The Bertz CT molecular complexity index is 941. The van der Waals surface area contributed by atoms with Crippen LogP contribution < -0.4 is 14.2 Å². The lowest BCUT2D eigenvalue weighted by Crippen LogP contribution is -2.17. The van der Waals surface area contributed by atoms with Gasteiger partial charge in [-0.2, -0.15) is 0 Å². The van der Waals surface area contributed by atoms with Crippen molar-refractivity contribution in [3.8, 4) is 17.2 Å². The van der Waals surface area contributed by atoms with Gasteiger partial charge in [0.1, 0.15) is 18.5 Å². The van der Waals surface area contributed by atoms with Crippen LogP contribution in [0.15, 0.2) is 72.8 Å². The standard InChI is InChI=1S/C23H21F3O4/c1-16(19-5-3-2-4-6-19)29-22-13-18(14-27)9-12-21(22)28-15-17-7-10-20(11-8-17)30-23(24,25)26/h2-13,16,27H,14-15H2,1H3. The number of rotatable bonds is 8. The number of aliphatic hydroxyl groups excluding tert-OH is 1. The molecule has 1 atom stereocenters. The number of benzene rings is 3. The van der Waals surface area contributed by atoms with E-state index in [0.29, 0.717) is 22.6 Å². The summed E-state index contributed by atoms with van der Waals surface area (Å²) in [6.45, 7) is 1.89. The van der Waals surface area contributed by atoms with E-state index in [-0.39, 0.29) is 25.1 Å². The Hall–Kier alpha value is -3.19. The summed E-state index contributed by atoms with van der Waals surface area (Å²) in [6.07, 6.45) is -4.98. The van der Waals surface area contributed by atoms with Crippen molar-refractivity contribution in [2.45, 2.75) is 32.6 Å². The normalized spacial score (nSPS) is 12.3. The highest BCUT2D eigenvalue weighted by Crippen LogP contribution is 2.33. The van der Waals surface area contributed by atoms with Crippen molar-refractivity contribution in [1.29, 1.82) is 0 Å². The quantitative estimate of drug-likeness (QED) is 0.503. The van der Waals surface area contributed by atoms with Crippen LogP contribution in [0.2, 0.25) is 0 Å². The van der Waals surface area contributed by atoms with Crippen LogP contribution in [0.25, 0.3) is 0 Å². The average Bonchev–Trinajstić information content (AvgIpc) is 2.73. The molecule has 158 valence electrons. The zero-order valence-electron chi connectivity index (χ0n) is 16.2. The molecule has 0 amide bonds. The van der Waals surface area contributed by atoms with E-state index in [1.165, 1.54) is 24.3 Å². The first-order valence-electron chi connectivity index (χ1n) is 9.27. The Morgan fingerprint density at radius 1 is 0.867 bits per heavy atom. The second kappa shape index (κ2) is 9.54. The molecule has 3 aromatic rings. The molecular weight excluding hydrogens is 397 g/mol. The lowest BCUT2D eigenvalue weighted by molar-refractivity contribution is -0.274. The maximum absolute atomic E-state index is 12.3. The second-order valence-electron chi connectivity index (χ2n) is 6.59. The summed E-state index contributed by atoms with van der Waals surface area (Å²) in [5.41, 5.74) is 2.32. The average molecular weight is 418 g/mol. The summed E-state index contributed by atoms with van der Waals surface area (Å²) < 4.78 is 52.5. The molecule has 0 aliphatic heterocycles. The number of alkyl halides is 3. The minimum atomic E-state index is -4.73. The van der Waals surface area contributed by atoms with Gasteiger partial charge in [-0.3, -0.25) is 0 Å². The Balaban J connectivity index is 1.71. The molecule has 0 saturated heterocycles. The third-order valence-electron chi connectivity index (χ3n) is 4.31. The molecule has 7 heteroatoms. The highest BCUT2D eigenvalue weighted by Gasteiger charge is 2.30. The minimum Gasteiger partial charge on any atom is -0.485 e. The molecule has 0 spiro atoms. The van der Waals surface area contributed by atoms with Crippen LogP contribution in [-0.4, -0.2) is 11.5 Å². The van der Waals surface area contributed by atoms with Gasteiger partial charge in [0, 0.05) is 0 Å². The van der Waals surface area contributed by atoms with E-state index in [2.05, 4.69) is 4.74 Å². The number of hydrogen-bond acceptors (Lipinski definition) is 4. The molecule has 0 fully saturated rings. The van der Waals surface area contributed by atoms with E-state index < -0.39 is 6.36 Å². The molecule has 3 aromatic carbocycles. The molecule has 0 aliphatic rings. The Morgan fingerprint density at radius 3 is 2.17 bits per heavy atom. The molecular formula is C23H21F3O4. The molecule has 4 nitrogen and oxygen atoms in total. The van der Waals surface area contributed by atoms with Gasteiger partial charge in [-0.25, -0.2) is 0 Å². The van der Waals surface area contributed by atoms with E-state index in [4.69, 9.17) is 9.47 Å². The van der Waals surface area contributed by atoms with Gasteiger partial charge in [-0.15, -0.1) is 13.2 Å². The predicted octanol–water partition coefficient (Wildman–Crippen LogP) is 5.80. The molecule has 1 N–H and O–H groups in total. The SMILES string of the molecule is CC(Oc1cc(CO)ccc1OCc1ccc(OC(F)(F)F)cc1)c1ccccc1. The zero-order chi connectivity index (χ0) is 21.6. The first kappa shape index (κ1) is 21.5. The largest absolute Gasteiger partial charge is 0.573 e. The van der Waals surface area contributed by atoms with Crippen LogP contribution in [0.1, 0.15) is 29.7 Å². The van der Waals surface area contributed by atoms with Gasteiger partial charge >= 0.3 is 6.36 Å². The smallest absolute Gasteiger partial charge is 0.485 e. The van der Waals surface area contributed by atoms with Gasteiger partial charge in [0.25, 0.3) is 0 Å². The lowest BCUT2D eigenvalue weighted by Gasteiger charge is -2.19. The molecule has 3 rings (SSSR count). The van der Waals surface area contributed by atoms with Gasteiger partial charge in [0.2, 0.25) is 0 Å². The monoisotopic (exact) mass is 418 g/mol. The summed E-state index contributed by atoms with van der Waals surface area (Å²) in [7, 11) is 0. The van der Waals surface area contributed by atoms with Crippen molar-refractivity contribution < 1.29 is 32.5 Å². The van der Waals surface area contributed by atoms with Crippen molar-refractivity contribution in [3.63, 3.8) is 0 Å². The minimum absolute atomic E-state index is 0.126. The number of hydrogen-bond donors (Lipinski definition) is 1. The number of aliphatic hydroxyl groups is 1. The number of halogens is 3. The predicted molar refractivity (Wildman–Crippen MR) is 105 cm³/mol. The Labute approximate surface area is 172 Å². The van der Waals surface area contributed by atoms with Crippen molar-refractivity contribution >= 4 is 0 Å². The first-order chi connectivity index (χ1) is 14.3. The molecule has 0 saturated carbocycles. The lowest BCUT2D eigenvalue weighted by atomic mass is 10.1. The van der Waals surface area contributed by atoms with Crippen LogP contribution in [0.5, 0.6) is 17.2 Å². The third kappa shape index (κ3) is 6.15. The van der Waals surface area contributed by atoms with Crippen LogP contribution >= 0.6 is 0 Å². The van der Waals surface area contributed by atoms with Crippen LogP contribution in [0.3, 0.4) is 0 Å². The van der Waals surface area contributed by atoms with Gasteiger partial charge in [0.15, 0.2) is 11.5 Å². The van der Waals surface area contributed by atoms with Crippen LogP contribution in [0.4, 0.5) is 13.2 Å². The molecule has 30 heavy (non-hydrogen) atoms. The van der Waals surface area contributed by atoms with E-state index in [0.717, 1.165) is 5.56 Å². The Morgan fingerprint density at radius 2 is 1.53 bits per heavy atom. The number of ether oxygens (including phenoxy) is 3. The molecule has 0 heterocycles. The molecule has 0 bridgehead atoms. The third-order valence-corrected chi connectivity index (χ3v) is 4.31. The van der Waals surface area contributed by atoms with Gasteiger partial charge in [-0.05, 0) is 47.9 Å². The molecule has 0 aromatic heterocycles. The molecule has 0 radical (unpaired) electrons. The maximum Gasteiger partial charge on any atom is 0.573 e. The fraction of sp³-hybridized carbons (Fsp3) is 0.217. The van der Waals surface area contributed by atoms with E-state index in [1.807, 2.05) is 37.3 Å². The summed E-state index contributed by atoms with van der Waals surface area (Å²) in [6, 6.07) is 20.2. The van der Waals surface area contributed by atoms with Crippen molar-refractivity contribution in [2.24, 2.45) is 0 Å². The Kier molecular flexibility index (Phi) is 6.84. The summed E-state index contributed by atoms with van der Waals surface area (Å²) >= 11 is 0. The van der Waals surface area contributed by atoms with Crippen LogP contribution in [-0.2, 0) is 13.2 Å². The summed E-state index contributed by atoms with van der Waals surface area (Å²) in [5.74, 6) is 0.639. The van der Waals surface area contributed by atoms with Gasteiger partial charge in [-0.1, -0.05) is 48.5 Å².